The van der Waals surface area contributed by atoms with Gasteiger partial charge in [0.15, 0.2) is 0 Å². The molecule has 1 saturated heterocycles. The summed E-state index contributed by atoms with van der Waals surface area (Å²) in [6.07, 6.45) is -0.564. The second kappa shape index (κ2) is 5.74. The van der Waals surface area contributed by atoms with Crippen molar-refractivity contribution < 1.29 is 18.6 Å². The number of aliphatic hydroxyl groups is 2. The van der Waals surface area contributed by atoms with Gasteiger partial charge in [0.05, 0.1) is 32.3 Å². The van der Waals surface area contributed by atoms with Gasteiger partial charge in [-0.15, -0.1) is 11.3 Å². The molecule has 6 nitrogen and oxygen atoms in total. The molecule has 0 bridgehead atoms. The molecule has 0 spiro atoms. The van der Waals surface area contributed by atoms with Crippen molar-refractivity contribution in [2.75, 3.05) is 13.1 Å². The first-order valence-electron chi connectivity index (χ1n) is 8.08. The first kappa shape index (κ1) is 16.4. The normalized spacial score (nSPS) is 31.5. The zero-order valence-corrected chi connectivity index (χ0v) is 14.9. The van der Waals surface area contributed by atoms with Crippen LogP contribution < -0.4 is 0 Å². The van der Waals surface area contributed by atoms with E-state index in [1.165, 1.54) is 15.6 Å². The van der Waals surface area contributed by atoms with Gasteiger partial charge in [-0.05, 0) is 49.8 Å². The monoisotopic (exact) mass is 368 g/mol. The number of thiazole rings is 1. The van der Waals surface area contributed by atoms with Crippen molar-refractivity contribution in [3.63, 3.8) is 0 Å². The molecule has 4 rings (SSSR count). The molecule has 1 aliphatic heterocycles. The van der Waals surface area contributed by atoms with Crippen LogP contribution in [0.1, 0.15) is 17.8 Å². The Kier molecular flexibility index (Phi) is 3.92. The molecule has 130 valence electrons. The van der Waals surface area contributed by atoms with E-state index in [-0.39, 0.29) is 11.8 Å². The number of aromatic nitrogens is 1. The summed E-state index contributed by atoms with van der Waals surface area (Å²) in [5.74, 6) is 0.236. The highest BCUT2D eigenvalue weighted by Crippen LogP contribution is 2.39. The number of hydrogen-bond acceptors (Lipinski definition) is 6. The fourth-order valence-electron chi connectivity index (χ4n) is 3.89. The van der Waals surface area contributed by atoms with Crippen LogP contribution in [0.2, 0.25) is 0 Å². The van der Waals surface area contributed by atoms with Crippen LogP contribution in [0.3, 0.4) is 0 Å². The van der Waals surface area contributed by atoms with Crippen molar-refractivity contribution in [2.45, 2.75) is 36.9 Å². The summed E-state index contributed by atoms with van der Waals surface area (Å²) in [5, 5.41) is 20.6. The number of hydrogen-bond donors (Lipinski definition) is 2. The Bertz CT molecular complexity index is 861. The Hall–Kier alpha value is -1.06. The molecule has 2 heterocycles. The topological polar surface area (TPSA) is 90.7 Å². The van der Waals surface area contributed by atoms with Crippen LogP contribution in [-0.4, -0.2) is 53.2 Å². The van der Waals surface area contributed by atoms with Crippen LogP contribution in [0, 0.1) is 18.8 Å². The predicted octanol–water partition coefficient (Wildman–Crippen LogP) is 1.36. The van der Waals surface area contributed by atoms with E-state index in [1.54, 1.807) is 18.2 Å². The SMILES string of the molecule is Cc1nc2ccc(S(=O)(=O)N3C[C@H]4C[C@H](O)[C@@H](O)C[C@H]4C3)cc2s1. The summed E-state index contributed by atoms with van der Waals surface area (Å²) in [5.41, 5.74) is 0.817. The number of aliphatic hydroxyl groups excluding tert-OH is 2. The lowest BCUT2D eigenvalue weighted by Gasteiger charge is -2.31. The highest BCUT2D eigenvalue weighted by Gasteiger charge is 2.44. The van der Waals surface area contributed by atoms with Gasteiger partial charge in [0, 0.05) is 13.1 Å². The van der Waals surface area contributed by atoms with E-state index >= 15 is 0 Å². The smallest absolute Gasteiger partial charge is 0.243 e. The molecule has 4 atom stereocenters. The Balaban J connectivity index is 1.62. The van der Waals surface area contributed by atoms with Gasteiger partial charge in [-0.1, -0.05) is 0 Å². The second-order valence-electron chi connectivity index (χ2n) is 6.81. The molecule has 2 aliphatic rings. The van der Waals surface area contributed by atoms with Gasteiger partial charge in [0.2, 0.25) is 10.0 Å². The second-order valence-corrected chi connectivity index (χ2v) is 9.98. The third-order valence-electron chi connectivity index (χ3n) is 5.18. The van der Waals surface area contributed by atoms with Gasteiger partial charge in [-0.3, -0.25) is 0 Å². The molecule has 1 aromatic carbocycles. The minimum atomic E-state index is -3.57. The lowest BCUT2D eigenvalue weighted by molar-refractivity contribution is -0.0372. The Labute approximate surface area is 144 Å². The highest BCUT2D eigenvalue weighted by atomic mass is 32.2. The van der Waals surface area contributed by atoms with Crippen molar-refractivity contribution in [3.05, 3.63) is 23.2 Å². The first-order valence-corrected chi connectivity index (χ1v) is 10.3. The molecule has 1 saturated carbocycles. The summed E-state index contributed by atoms with van der Waals surface area (Å²) in [6, 6.07) is 5.06. The third kappa shape index (κ3) is 2.66. The molecule has 0 amide bonds. The molecule has 2 aromatic rings. The number of benzene rings is 1. The molecule has 2 N–H and O–H groups in total. The quantitative estimate of drug-likeness (QED) is 0.835. The van der Waals surface area contributed by atoms with Crippen LogP contribution in [0.5, 0.6) is 0 Å². The molecule has 1 aromatic heterocycles. The standard InChI is InChI=1S/C16H20N2O4S2/c1-9-17-13-3-2-12(6-16(13)23-9)24(21,22)18-7-10-4-14(19)15(20)5-11(10)8-18/h2-3,6,10-11,14-15,19-20H,4-5,7-8H2,1H3/t10-,11+,14-,15-/m0/s1. The van der Waals surface area contributed by atoms with Gasteiger partial charge in [-0.2, -0.15) is 4.31 Å². The Morgan fingerprint density at radius 1 is 1.17 bits per heavy atom. The number of fused-ring (bicyclic) bond motifs is 2. The van der Waals surface area contributed by atoms with E-state index in [0.717, 1.165) is 15.2 Å². The van der Waals surface area contributed by atoms with E-state index in [1.807, 2.05) is 6.92 Å². The van der Waals surface area contributed by atoms with Crippen molar-refractivity contribution in [3.8, 4) is 0 Å². The summed E-state index contributed by atoms with van der Waals surface area (Å²) >= 11 is 1.49. The number of rotatable bonds is 2. The molecule has 2 fully saturated rings. The summed E-state index contributed by atoms with van der Waals surface area (Å²) < 4.78 is 28.3. The molecule has 0 unspecified atom stereocenters. The van der Waals surface area contributed by atoms with Gasteiger partial charge in [0.1, 0.15) is 0 Å². The van der Waals surface area contributed by atoms with E-state index in [4.69, 9.17) is 0 Å². The van der Waals surface area contributed by atoms with E-state index in [0.29, 0.717) is 30.8 Å². The van der Waals surface area contributed by atoms with Crippen LogP contribution >= 0.6 is 11.3 Å². The predicted molar refractivity (Wildman–Crippen MR) is 91.3 cm³/mol. The summed E-state index contributed by atoms with van der Waals surface area (Å²) in [6.45, 7) is 2.73. The lowest BCUT2D eigenvalue weighted by atomic mass is 9.79. The molecule has 0 radical (unpaired) electrons. The number of nitrogens with zero attached hydrogens (tertiary/aromatic N) is 2. The largest absolute Gasteiger partial charge is 0.390 e. The van der Waals surface area contributed by atoms with E-state index in [2.05, 4.69) is 4.98 Å². The minimum absolute atomic E-state index is 0.118. The van der Waals surface area contributed by atoms with E-state index < -0.39 is 22.2 Å². The fourth-order valence-corrected chi connectivity index (χ4v) is 6.41. The van der Waals surface area contributed by atoms with Gasteiger partial charge in [-0.25, -0.2) is 13.4 Å². The molecule has 8 heteroatoms. The molecular weight excluding hydrogens is 348 g/mol. The average molecular weight is 368 g/mol. The zero-order chi connectivity index (χ0) is 17.1. The lowest BCUT2D eigenvalue weighted by Crippen LogP contribution is -2.38. The molecule has 24 heavy (non-hydrogen) atoms. The minimum Gasteiger partial charge on any atom is -0.390 e. The van der Waals surface area contributed by atoms with Gasteiger partial charge < -0.3 is 10.2 Å². The highest BCUT2D eigenvalue weighted by molar-refractivity contribution is 7.89. The third-order valence-corrected chi connectivity index (χ3v) is 7.94. The molecular formula is C16H20N2O4S2. The van der Waals surface area contributed by atoms with Crippen molar-refractivity contribution in [1.29, 1.82) is 0 Å². The maximum atomic E-state index is 13.0. The zero-order valence-electron chi connectivity index (χ0n) is 13.3. The average Bonchev–Trinajstić information content (AvgIpc) is 3.09. The van der Waals surface area contributed by atoms with Crippen molar-refractivity contribution in [2.24, 2.45) is 11.8 Å². The van der Waals surface area contributed by atoms with Crippen molar-refractivity contribution >= 4 is 31.6 Å². The summed E-state index contributed by atoms with van der Waals surface area (Å²) in [4.78, 5) is 4.65. The van der Waals surface area contributed by atoms with E-state index in [9.17, 15) is 18.6 Å². The fraction of sp³-hybridized carbons (Fsp3) is 0.562. The van der Waals surface area contributed by atoms with Crippen LogP contribution in [0.15, 0.2) is 23.1 Å². The first-order chi connectivity index (χ1) is 11.3. The summed E-state index contributed by atoms with van der Waals surface area (Å²) in [7, 11) is -3.57. The Morgan fingerprint density at radius 3 is 2.42 bits per heavy atom. The van der Waals surface area contributed by atoms with Crippen LogP contribution in [-0.2, 0) is 10.0 Å². The van der Waals surface area contributed by atoms with Gasteiger partial charge >= 0.3 is 0 Å². The Morgan fingerprint density at radius 2 is 1.79 bits per heavy atom. The van der Waals surface area contributed by atoms with Crippen molar-refractivity contribution in [1.82, 2.24) is 9.29 Å². The van der Waals surface area contributed by atoms with Gasteiger partial charge in [0.25, 0.3) is 0 Å². The number of sulfonamides is 1. The number of aryl methyl sites for hydroxylation is 1. The maximum Gasteiger partial charge on any atom is 0.243 e. The maximum absolute atomic E-state index is 13.0. The van der Waals surface area contributed by atoms with Crippen LogP contribution in [0.25, 0.3) is 10.2 Å². The molecule has 1 aliphatic carbocycles. The van der Waals surface area contributed by atoms with Crippen LogP contribution in [0.4, 0.5) is 0 Å².